The van der Waals surface area contributed by atoms with Gasteiger partial charge in [-0.15, -0.1) is 23.7 Å². The van der Waals surface area contributed by atoms with Crippen LogP contribution in [0.2, 0.25) is 0 Å². The Kier molecular flexibility index (Phi) is 7.23. The van der Waals surface area contributed by atoms with Crippen molar-refractivity contribution >= 4 is 23.7 Å². The van der Waals surface area contributed by atoms with Crippen LogP contribution >= 0.6 is 23.7 Å². The number of hydrogen-bond acceptors (Lipinski definition) is 6. The van der Waals surface area contributed by atoms with E-state index in [2.05, 4.69) is 11.2 Å². The highest BCUT2D eigenvalue weighted by atomic mass is 35.5. The first kappa shape index (κ1) is 21.7. The second-order valence-corrected chi connectivity index (χ2v) is 8.14. The van der Waals surface area contributed by atoms with Gasteiger partial charge in [-0.05, 0) is 42.8 Å². The number of aliphatic hydroxyl groups is 1. The summed E-state index contributed by atoms with van der Waals surface area (Å²) in [6.07, 6.45) is 1.67. The lowest BCUT2D eigenvalue weighted by molar-refractivity contribution is 0.0957. The summed E-state index contributed by atoms with van der Waals surface area (Å²) in [5.41, 5.74) is 5.95. The largest absolute Gasteiger partial charge is 0.485 e. The van der Waals surface area contributed by atoms with Crippen LogP contribution in [0.25, 0.3) is 0 Å². The average Bonchev–Trinajstić information content (AvgIpc) is 3.33. The highest BCUT2D eigenvalue weighted by Gasteiger charge is 2.31. The number of benzene rings is 1. The zero-order valence-electron chi connectivity index (χ0n) is 15.8. The summed E-state index contributed by atoms with van der Waals surface area (Å²) in [7, 11) is 0. The molecule has 1 aliphatic rings. The van der Waals surface area contributed by atoms with E-state index in [1.54, 1.807) is 23.5 Å². The highest BCUT2D eigenvalue weighted by molar-refractivity contribution is 7.09. The monoisotopic (exact) mass is 438 g/mol. The summed E-state index contributed by atoms with van der Waals surface area (Å²) in [6.45, 7) is 0.779. The van der Waals surface area contributed by atoms with Crippen LogP contribution in [-0.4, -0.2) is 32.0 Å². The van der Waals surface area contributed by atoms with Gasteiger partial charge in [-0.3, -0.25) is 0 Å². The zero-order chi connectivity index (χ0) is 19.5. The Morgan fingerprint density at radius 2 is 2.14 bits per heavy atom. The van der Waals surface area contributed by atoms with Gasteiger partial charge in [0.15, 0.2) is 5.82 Å². The summed E-state index contributed by atoms with van der Waals surface area (Å²) in [5, 5.41) is 16.9. The first-order valence-corrected chi connectivity index (χ1v) is 10.2. The second kappa shape index (κ2) is 9.67. The maximum atomic E-state index is 13.3. The molecule has 0 saturated heterocycles. The molecule has 0 bridgehead atoms. The van der Waals surface area contributed by atoms with Gasteiger partial charge in [0.1, 0.15) is 24.0 Å². The minimum Gasteiger partial charge on any atom is -0.485 e. The van der Waals surface area contributed by atoms with E-state index in [1.165, 1.54) is 17.0 Å². The van der Waals surface area contributed by atoms with E-state index >= 15 is 0 Å². The Bertz CT molecular complexity index is 921. The summed E-state index contributed by atoms with van der Waals surface area (Å²) < 4.78 is 20.9. The quantitative estimate of drug-likeness (QED) is 0.615. The lowest BCUT2D eigenvalue weighted by atomic mass is 9.84. The van der Waals surface area contributed by atoms with Crippen LogP contribution in [0.5, 0.6) is 5.75 Å². The van der Waals surface area contributed by atoms with Crippen molar-refractivity contribution in [1.29, 1.82) is 0 Å². The SMILES string of the molecule is Cl.N[C@@H]1CC[C@H](c2nc(COc3cccc(F)c3)nn2Cc2cccs2)C[C@H]1O. The predicted molar refractivity (Wildman–Crippen MR) is 112 cm³/mol. The lowest BCUT2D eigenvalue weighted by Gasteiger charge is -2.30. The van der Waals surface area contributed by atoms with Crippen LogP contribution in [0.15, 0.2) is 41.8 Å². The van der Waals surface area contributed by atoms with Gasteiger partial charge in [0.05, 0.1) is 12.6 Å². The van der Waals surface area contributed by atoms with E-state index in [4.69, 9.17) is 15.5 Å². The van der Waals surface area contributed by atoms with E-state index in [9.17, 15) is 9.50 Å². The minimum absolute atomic E-state index is 0. The molecule has 1 aromatic carbocycles. The molecule has 2 heterocycles. The van der Waals surface area contributed by atoms with E-state index in [0.717, 1.165) is 18.7 Å². The minimum atomic E-state index is -0.530. The van der Waals surface area contributed by atoms with Crippen LogP contribution in [-0.2, 0) is 13.2 Å². The highest BCUT2D eigenvalue weighted by Crippen LogP contribution is 2.32. The van der Waals surface area contributed by atoms with E-state index in [1.807, 2.05) is 16.1 Å². The molecule has 1 fully saturated rings. The molecule has 0 unspecified atom stereocenters. The van der Waals surface area contributed by atoms with Crippen molar-refractivity contribution in [3.63, 3.8) is 0 Å². The molecule has 0 radical (unpaired) electrons. The van der Waals surface area contributed by atoms with E-state index in [0.29, 0.717) is 24.5 Å². The first-order chi connectivity index (χ1) is 13.6. The van der Waals surface area contributed by atoms with Crippen LogP contribution in [0, 0.1) is 5.82 Å². The third kappa shape index (κ3) is 5.33. The smallest absolute Gasteiger partial charge is 0.188 e. The van der Waals surface area contributed by atoms with Crippen LogP contribution in [0.1, 0.15) is 41.7 Å². The van der Waals surface area contributed by atoms with Gasteiger partial charge < -0.3 is 15.6 Å². The maximum Gasteiger partial charge on any atom is 0.188 e. The molecule has 2 aromatic heterocycles. The van der Waals surface area contributed by atoms with E-state index < -0.39 is 6.10 Å². The number of thiophene rings is 1. The molecule has 0 amide bonds. The Labute approximate surface area is 178 Å². The molecule has 1 saturated carbocycles. The number of halogens is 2. The third-order valence-electron chi connectivity index (χ3n) is 5.03. The molecule has 29 heavy (non-hydrogen) atoms. The molecule has 0 aliphatic heterocycles. The van der Waals surface area contributed by atoms with Crippen molar-refractivity contribution in [3.8, 4) is 5.75 Å². The number of aliphatic hydroxyl groups excluding tert-OH is 1. The van der Waals surface area contributed by atoms with Crippen molar-refractivity contribution in [3.05, 3.63) is 64.1 Å². The molecule has 3 atom stereocenters. The second-order valence-electron chi connectivity index (χ2n) is 7.11. The number of nitrogens with zero attached hydrogens (tertiary/aromatic N) is 3. The van der Waals surface area contributed by atoms with Gasteiger partial charge in [-0.2, -0.15) is 5.10 Å². The number of ether oxygens (including phenoxy) is 1. The van der Waals surface area contributed by atoms with Crippen LogP contribution in [0.3, 0.4) is 0 Å². The van der Waals surface area contributed by atoms with Gasteiger partial charge in [-0.1, -0.05) is 12.1 Å². The van der Waals surface area contributed by atoms with Crippen molar-refractivity contribution < 1.29 is 14.2 Å². The fourth-order valence-corrected chi connectivity index (χ4v) is 4.23. The van der Waals surface area contributed by atoms with Gasteiger partial charge in [0.2, 0.25) is 0 Å². The fourth-order valence-electron chi connectivity index (χ4n) is 3.54. The number of aromatic nitrogens is 3. The first-order valence-electron chi connectivity index (χ1n) is 9.36. The normalized spacial score (nSPS) is 21.6. The fraction of sp³-hybridized carbons (Fsp3) is 0.400. The molecule has 3 N–H and O–H groups in total. The molecule has 6 nitrogen and oxygen atoms in total. The Morgan fingerprint density at radius 3 is 2.86 bits per heavy atom. The molecule has 3 aromatic rings. The standard InChI is InChI=1S/C20H23FN4O2S.ClH/c21-14-3-1-4-15(10-14)27-12-19-23-20(13-6-7-17(22)18(26)9-13)25(24-19)11-16-5-2-8-28-16;/h1-5,8,10,13,17-18,26H,6-7,9,11-12,22H2;1H/t13-,17+,18+;/m0./s1. The number of hydrogen-bond donors (Lipinski definition) is 2. The van der Waals surface area contributed by atoms with Crippen molar-refractivity contribution in [1.82, 2.24) is 14.8 Å². The predicted octanol–water partition coefficient (Wildman–Crippen LogP) is 3.48. The molecule has 9 heteroatoms. The van der Waals surface area contributed by atoms with Gasteiger partial charge >= 0.3 is 0 Å². The Hall–Kier alpha value is -2.00. The Balaban J connectivity index is 0.00000240. The molecular weight excluding hydrogens is 415 g/mol. The molecular formula is C20H24ClFN4O2S. The van der Waals surface area contributed by atoms with Gasteiger partial charge in [0.25, 0.3) is 0 Å². The maximum absolute atomic E-state index is 13.3. The molecule has 1 aliphatic carbocycles. The molecule has 156 valence electrons. The number of nitrogens with two attached hydrogens (primary N) is 1. The van der Waals surface area contributed by atoms with Crippen LogP contribution in [0.4, 0.5) is 4.39 Å². The summed E-state index contributed by atoms with van der Waals surface area (Å²) in [5.74, 6) is 1.58. The van der Waals surface area contributed by atoms with Crippen molar-refractivity contribution in [2.24, 2.45) is 5.73 Å². The van der Waals surface area contributed by atoms with Gasteiger partial charge in [-0.25, -0.2) is 14.1 Å². The average molecular weight is 439 g/mol. The summed E-state index contributed by atoms with van der Waals surface area (Å²) in [4.78, 5) is 5.87. The van der Waals surface area contributed by atoms with E-state index in [-0.39, 0.29) is 36.8 Å². The summed E-state index contributed by atoms with van der Waals surface area (Å²) in [6, 6.07) is 9.90. The number of rotatable bonds is 6. The van der Waals surface area contributed by atoms with Crippen molar-refractivity contribution in [2.45, 2.75) is 50.5 Å². The third-order valence-corrected chi connectivity index (χ3v) is 5.89. The molecule has 0 spiro atoms. The van der Waals surface area contributed by atoms with Gasteiger partial charge in [0, 0.05) is 22.9 Å². The lowest BCUT2D eigenvalue weighted by Crippen LogP contribution is -2.40. The topological polar surface area (TPSA) is 86.2 Å². The molecule has 4 rings (SSSR count). The zero-order valence-corrected chi connectivity index (χ0v) is 17.4. The summed E-state index contributed by atoms with van der Waals surface area (Å²) >= 11 is 1.66. The van der Waals surface area contributed by atoms with Crippen LogP contribution < -0.4 is 10.5 Å². The van der Waals surface area contributed by atoms with Crippen molar-refractivity contribution in [2.75, 3.05) is 0 Å². The Morgan fingerprint density at radius 1 is 1.28 bits per heavy atom.